The van der Waals surface area contributed by atoms with Crippen LogP contribution in [0.5, 0.6) is 0 Å². The van der Waals surface area contributed by atoms with E-state index in [4.69, 9.17) is 29.4 Å². The predicted octanol–water partition coefficient (Wildman–Crippen LogP) is 10.6. The van der Waals surface area contributed by atoms with E-state index in [1.807, 2.05) is 0 Å². The van der Waals surface area contributed by atoms with Gasteiger partial charge in [0.15, 0.2) is 0 Å². The van der Waals surface area contributed by atoms with Crippen molar-refractivity contribution in [2.75, 3.05) is 26.4 Å². The van der Waals surface area contributed by atoms with E-state index in [1.54, 1.807) is 0 Å². The van der Waals surface area contributed by atoms with Gasteiger partial charge in [0, 0.05) is 13.0 Å². The summed E-state index contributed by atoms with van der Waals surface area (Å²) in [5, 5.41) is 8.87. The number of esters is 1. The number of carbonyl (C=O) groups is 2. The fourth-order valence-corrected chi connectivity index (χ4v) is 6.38. The summed E-state index contributed by atoms with van der Waals surface area (Å²) in [6.07, 6.45) is 35.5. The fourth-order valence-electron chi connectivity index (χ4n) is 5.60. The Bertz CT molecular complexity index is 857. The number of carboxylic acid groups (broad SMARTS) is 1. The van der Waals surface area contributed by atoms with Crippen LogP contribution in [-0.4, -0.2) is 60.5 Å². The zero-order chi connectivity index (χ0) is 37.0. The Hall–Kier alpha value is -1.29. The van der Waals surface area contributed by atoms with Crippen LogP contribution in [0, 0.1) is 0 Å². The lowest BCUT2D eigenvalue weighted by atomic mass is 10.0. The molecule has 50 heavy (non-hydrogen) atoms. The molecule has 0 spiro atoms. The first-order chi connectivity index (χ1) is 24.2. The number of phosphoric acid groups is 1. The van der Waals surface area contributed by atoms with Crippen LogP contribution in [0.3, 0.4) is 0 Å². The number of allylic oxidation sites excluding steroid dienone is 2. The monoisotopic (exact) mass is 734 g/mol. The van der Waals surface area contributed by atoms with E-state index in [9.17, 15) is 19.0 Å². The highest BCUT2D eigenvalue weighted by Crippen LogP contribution is 2.43. The second-order valence-electron chi connectivity index (χ2n) is 13.8. The van der Waals surface area contributed by atoms with Gasteiger partial charge in [-0.05, 0) is 38.5 Å². The van der Waals surface area contributed by atoms with Crippen molar-refractivity contribution in [1.82, 2.24) is 0 Å². The molecule has 4 N–H and O–H groups in total. The molecular formula is C39H76NO9P. The van der Waals surface area contributed by atoms with Crippen LogP contribution >= 0.6 is 7.82 Å². The third-order valence-corrected chi connectivity index (χ3v) is 9.75. The SMILES string of the molecule is CCCCC/C=C\CCCCCCCC(=O)O[C@H](COCCCCCCCCCCCCCCCCCC)COP(=O)(O)OC[C@H](N)C(=O)O. The van der Waals surface area contributed by atoms with E-state index in [0.717, 1.165) is 57.8 Å². The highest BCUT2D eigenvalue weighted by atomic mass is 31.2. The van der Waals surface area contributed by atoms with Gasteiger partial charge in [0.25, 0.3) is 0 Å². The molecule has 0 rings (SSSR count). The van der Waals surface area contributed by atoms with E-state index in [2.05, 4.69) is 26.0 Å². The van der Waals surface area contributed by atoms with Crippen molar-refractivity contribution in [3.8, 4) is 0 Å². The lowest BCUT2D eigenvalue weighted by Gasteiger charge is -2.20. The van der Waals surface area contributed by atoms with Gasteiger partial charge in [0.05, 0.1) is 19.8 Å². The average Bonchev–Trinajstić information content (AvgIpc) is 3.09. The highest BCUT2D eigenvalue weighted by molar-refractivity contribution is 7.47. The van der Waals surface area contributed by atoms with Crippen LogP contribution in [0.2, 0.25) is 0 Å². The van der Waals surface area contributed by atoms with Gasteiger partial charge in [-0.25, -0.2) is 4.57 Å². The van der Waals surface area contributed by atoms with Crippen LogP contribution in [0.25, 0.3) is 0 Å². The first-order valence-corrected chi connectivity index (χ1v) is 21.7. The normalized spacial score (nSPS) is 14.2. The maximum Gasteiger partial charge on any atom is 0.472 e. The van der Waals surface area contributed by atoms with Gasteiger partial charge in [-0.15, -0.1) is 0 Å². The number of aliphatic carboxylic acids is 1. The standard InChI is InChI=1S/C39H76NO9P/c1-3-5-7-9-11-13-15-17-18-19-20-22-24-26-28-30-32-46-33-36(34-47-50(44,45)48-35-37(40)39(42)43)49-38(41)31-29-27-25-23-21-16-14-12-10-8-6-4-2/h12,14,36-37H,3-11,13,15-35,40H2,1-2H3,(H,42,43)(H,44,45)/b14-12-/t36-,37+/m1/s1. The molecular weight excluding hydrogens is 657 g/mol. The first-order valence-electron chi connectivity index (χ1n) is 20.2. The van der Waals surface area contributed by atoms with Gasteiger partial charge in [0.1, 0.15) is 12.1 Å². The summed E-state index contributed by atoms with van der Waals surface area (Å²) >= 11 is 0. The zero-order valence-electron chi connectivity index (χ0n) is 32.0. The Morgan fingerprint density at radius 2 is 1.04 bits per heavy atom. The molecule has 0 aromatic rings. The number of ether oxygens (including phenoxy) is 2. The molecule has 1 unspecified atom stereocenters. The molecule has 0 aromatic heterocycles. The van der Waals surface area contributed by atoms with Crippen LogP contribution in [-0.2, 0) is 32.7 Å². The van der Waals surface area contributed by atoms with E-state index < -0.39 is 45.1 Å². The molecule has 0 saturated carbocycles. The molecule has 0 heterocycles. The summed E-state index contributed by atoms with van der Waals surface area (Å²) in [6, 6.07) is -1.47. The van der Waals surface area contributed by atoms with Crippen molar-refractivity contribution in [3.63, 3.8) is 0 Å². The summed E-state index contributed by atoms with van der Waals surface area (Å²) in [5.74, 6) is -1.78. The first kappa shape index (κ1) is 48.7. The summed E-state index contributed by atoms with van der Waals surface area (Å²) in [4.78, 5) is 33.4. The second-order valence-corrected chi connectivity index (χ2v) is 15.2. The quantitative estimate of drug-likeness (QED) is 0.0240. The molecule has 0 bridgehead atoms. The Morgan fingerprint density at radius 3 is 1.56 bits per heavy atom. The van der Waals surface area contributed by atoms with E-state index >= 15 is 0 Å². The maximum absolute atomic E-state index is 12.6. The van der Waals surface area contributed by atoms with Crippen molar-refractivity contribution < 1.29 is 42.7 Å². The van der Waals surface area contributed by atoms with Gasteiger partial charge in [-0.3, -0.25) is 18.6 Å². The van der Waals surface area contributed by atoms with Crippen LogP contribution in [0.1, 0.15) is 187 Å². The average molecular weight is 734 g/mol. The Balaban J connectivity index is 4.24. The maximum atomic E-state index is 12.6. The van der Waals surface area contributed by atoms with Crippen LogP contribution < -0.4 is 5.73 Å². The molecule has 0 aliphatic carbocycles. The molecule has 10 nitrogen and oxygen atoms in total. The summed E-state index contributed by atoms with van der Waals surface area (Å²) < 4.78 is 33.2. The largest absolute Gasteiger partial charge is 0.480 e. The third kappa shape index (κ3) is 35.1. The number of hydrogen-bond donors (Lipinski definition) is 3. The van der Waals surface area contributed by atoms with Crippen LogP contribution in [0.15, 0.2) is 12.2 Å². The topological polar surface area (TPSA) is 155 Å². The number of carboxylic acids is 1. The minimum atomic E-state index is -4.61. The molecule has 0 saturated heterocycles. The lowest BCUT2D eigenvalue weighted by Crippen LogP contribution is -2.34. The molecule has 0 amide bonds. The molecule has 296 valence electrons. The molecule has 11 heteroatoms. The smallest absolute Gasteiger partial charge is 0.472 e. The van der Waals surface area contributed by atoms with Gasteiger partial charge in [-0.1, -0.05) is 154 Å². The molecule has 0 fully saturated rings. The van der Waals surface area contributed by atoms with Gasteiger partial charge in [0.2, 0.25) is 0 Å². The van der Waals surface area contributed by atoms with Crippen molar-refractivity contribution in [2.45, 2.75) is 199 Å². The molecule has 0 aromatic carbocycles. The molecule has 3 atom stereocenters. The minimum Gasteiger partial charge on any atom is -0.480 e. The number of nitrogens with two attached hydrogens (primary N) is 1. The molecule has 0 radical (unpaired) electrons. The lowest BCUT2D eigenvalue weighted by molar-refractivity contribution is -0.154. The van der Waals surface area contributed by atoms with Crippen molar-refractivity contribution in [3.05, 3.63) is 12.2 Å². The summed E-state index contributed by atoms with van der Waals surface area (Å²) in [7, 11) is -4.61. The van der Waals surface area contributed by atoms with E-state index in [-0.39, 0.29) is 13.0 Å². The summed E-state index contributed by atoms with van der Waals surface area (Å²) in [6.45, 7) is 3.86. The third-order valence-electron chi connectivity index (χ3n) is 8.79. The zero-order valence-corrected chi connectivity index (χ0v) is 32.9. The minimum absolute atomic E-state index is 0.0189. The van der Waals surface area contributed by atoms with Gasteiger partial charge in [-0.2, -0.15) is 0 Å². The number of carbonyl (C=O) groups excluding carboxylic acids is 1. The second kappa shape index (κ2) is 36.1. The van der Waals surface area contributed by atoms with Crippen molar-refractivity contribution >= 4 is 19.8 Å². The van der Waals surface area contributed by atoms with Crippen molar-refractivity contribution in [1.29, 1.82) is 0 Å². The Labute approximate surface area is 305 Å². The number of unbranched alkanes of at least 4 members (excludes halogenated alkanes) is 23. The predicted molar refractivity (Wildman–Crippen MR) is 203 cm³/mol. The number of hydrogen-bond acceptors (Lipinski definition) is 8. The van der Waals surface area contributed by atoms with Gasteiger partial charge >= 0.3 is 19.8 Å². The Morgan fingerprint density at radius 1 is 0.620 bits per heavy atom. The van der Waals surface area contributed by atoms with Gasteiger partial charge < -0.3 is 25.2 Å². The molecule has 0 aliphatic rings. The fraction of sp³-hybridized carbons (Fsp3) is 0.897. The van der Waals surface area contributed by atoms with E-state index in [1.165, 1.54) is 103 Å². The highest BCUT2D eigenvalue weighted by Gasteiger charge is 2.27. The number of rotatable bonds is 39. The molecule has 0 aliphatic heterocycles. The summed E-state index contributed by atoms with van der Waals surface area (Å²) in [5.41, 5.74) is 5.34. The Kier molecular flexibility index (Phi) is 35.2. The van der Waals surface area contributed by atoms with Crippen molar-refractivity contribution in [2.24, 2.45) is 5.73 Å². The van der Waals surface area contributed by atoms with Crippen LogP contribution in [0.4, 0.5) is 0 Å². The van der Waals surface area contributed by atoms with E-state index in [0.29, 0.717) is 13.0 Å². The number of phosphoric ester groups is 1.